The van der Waals surface area contributed by atoms with Crippen molar-refractivity contribution in [1.29, 1.82) is 0 Å². The number of para-hydroxylation sites is 1. The molecule has 2 heterocycles. The molecule has 6 heteroatoms. The molecule has 6 nitrogen and oxygen atoms in total. The summed E-state index contributed by atoms with van der Waals surface area (Å²) < 4.78 is 7.48. The topological polar surface area (TPSA) is 76.4 Å². The largest absolute Gasteiger partial charge is 0.491 e. The van der Waals surface area contributed by atoms with Gasteiger partial charge in [-0.3, -0.25) is 4.79 Å². The Morgan fingerprint density at radius 1 is 1.50 bits per heavy atom. The fourth-order valence-electron chi connectivity index (χ4n) is 2.43. The van der Waals surface area contributed by atoms with E-state index in [-0.39, 0.29) is 11.9 Å². The third-order valence-electron chi connectivity index (χ3n) is 3.72. The summed E-state index contributed by atoms with van der Waals surface area (Å²) in [5, 5.41) is 12.8. The number of aliphatic hydroxyl groups is 1. The van der Waals surface area contributed by atoms with Crippen LogP contribution in [0.5, 0.6) is 5.75 Å². The Kier molecular flexibility index (Phi) is 3.85. The van der Waals surface area contributed by atoms with Crippen LogP contribution < -0.4 is 10.1 Å². The van der Waals surface area contributed by atoms with Crippen LogP contribution in [0.4, 0.5) is 5.69 Å². The predicted octanol–water partition coefficient (Wildman–Crippen LogP) is 2.53. The van der Waals surface area contributed by atoms with Gasteiger partial charge >= 0.3 is 0 Å². The van der Waals surface area contributed by atoms with Crippen LogP contribution in [0.2, 0.25) is 0 Å². The van der Waals surface area contributed by atoms with E-state index < -0.39 is 6.10 Å². The summed E-state index contributed by atoms with van der Waals surface area (Å²) in [5.41, 5.74) is 1.61. The van der Waals surface area contributed by atoms with Gasteiger partial charge in [0.1, 0.15) is 11.4 Å². The molecule has 0 unspecified atom stereocenters. The number of nitrogens with one attached hydrogen (secondary N) is 1. The molecule has 1 amide bonds. The van der Waals surface area contributed by atoms with Crippen molar-refractivity contribution in [3.63, 3.8) is 0 Å². The fraction of sp³-hybridized carbons (Fsp3) is 0.375. The molecular weight excluding hydrogens is 282 g/mol. The summed E-state index contributed by atoms with van der Waals surface area (Å²) in [5.74, 6) is 0.245. The van der Waals surface area contributed by atoms with E-state index in [1.165, 1.54) is 0 Å². The number of hydrogen-bond donors (Lipinski definition) is 2. The lowest BCUT2D eigenvalue weighted by Crippen LogP contribution is -2.18. The van der Waals surface area contributed by atoms with Crippen LogP contribution in [0.15, 0.2) is 30.7 Å². The second-order valence-electron chi connectivity index (χ2n) is 5.63. The molecule has 116 valence electrons. The molecule has 22 heavy (non-hydrogen) atoms. The Balaban J connectivity index is 1.83. The zero-order valence-corrected chi connectivity index (χ0v) is 12.6. The van der Waals surface area contributed by atoms with Gasteiger partial charge in [0.15, 0.2) is 0 Å². The summed E-state index contributed by atoms with van der Waals surface area (Å²) in [4.78, 5) is 16.4. The number of hydrogen-bond acceptors (Lipinski definition) is 4. The zero-order chi connectivity index (χ0) is 15.7. The van der Waals surface area contributed by atoms with Crippen LogP contribution in [-0.2, 0) is 0 Å². The summed E-state index contributed by atoms with van der Waals surface area (Å²) >= 11 is 0. The van der Waals surface area contributed by atoms with Crippen molar-refractivity contribution in [3.8, 4) is 5.75 Å². The number of aliphatic hydroxyl groups excluding tert-OH is 1. The van der Waals surface area contributed by atoms with Crippen LogP contribution >= 0.6 is 0 Å². The smallest absolute Gasteiger partial charge is 0.275 e. The third kappa shape index (κ3) is 2.69. The number of amides is 1. The highest BCUT2D eigenvalue weighted by atomic mass is 16.5. The van der Waals surface area contributed by atoms with E-state index in [0.29, 0.717) is 35.7 Å². The minimum atomic E-state index is -0.555. The van der Waals surface area contributed by atoms with Crippen LogP contribution in [0, 0.1) is 0 Å². The second kappa shape index (κ2) is 5.81. The van der Waals surface area contributed by atoms with Gasteiger partial charge in [-0.15, -0.1) is 0 Å². The van der Waals surface area contributed by atoms with Gasteiger partial charge < -0.3 is 19.7 Å². The van der Waals surface area contributed by atoms with Gasteiger partial charge in [-0.2, -0.15) is 0 Å². The number of benzene rings is 1. The van der Waals surface area contributed by atoms with Gasteiger partial charge in [-0.1, -0.05) is 12.1 Å². The molecule has 2 aromatic rings. The first-order valence-electron chi connectivity index (χ1n) is 7.35. The molecule has 0 radical (unpaired) electrons. The first kappa shape index (κ1) is 14.6. The van der Waals surface area contributed by atoms with E-state index >= 15 is 0 Å². The highest BCUT2D eigenvalue weighted by Crippen LogP contribution is 2.37. The van der Waals surface area contributed by atoms with E-state index in [9.17, 15) is 9.90 Å². The van der Waals surface area contributed by atoms with Gasteiger partial charge in [0.05, 0.1) is 24.7 Å². The normalized spacial score (nSPS) is 17.0. The summed E-state index contributed by atoms with van der Waals surface area (Å²) in [7, 11) is 0. The molecule has 3 rings (SSSR count). The average molecular weight is 301 g/mol. The molecule has 0 fully saturated rings. The Bertz CT molecular complexity index is 694. The molecule has 2 N–H and O–H groups in total. The number of carbonyl (C=O) groups is 1. The molecule has 1 aromatic carbocycles. The highest BCUT2D eigenvalue weighted by Gasteiger charge is 2.23. The quantitative estimate of drug-likeness (QED) is 0.913. The van der Waals surface area contributed by atoms with Gasteiger partial charge in [-0.05, 0) is 19.9 Å². The first-order valence-corrected chi connectivity index (χ1v) is 7.35. The van der Waals surface area contributed by atoms with Crippen molar-refractivity contribution in [2.75, 3.05) is 11.9 Å². The van der Waals surface area contributed by atoms with Crippen LogP contribution in [0.1, 0.15) is 48.5 Å². The van der Waals surface area contributed by atoms with Crippen LogP contribution in [0.3, 0.4) is 0 Å². The fourth-order valence-corrected chi connectivity index (χ4v) is 2.43. The molecule has 0 saturated heterocycles. The van der Waals surface area contributed by atoms with Gasteiger partial charge in [0, 0.05) is 24.2 Å². The maximum Gasteiger partial charge on any atom is 0.275 e. The van der Waals surface area contributed by atoms with Crippen LogP contribution in [-0.4, -0.2) is 27.2 Å². The number of anilines is 1. The summed E-state index contributed by atoms with van der Waals surface area (Å²) in [6, 6.07) is 5.60. The van der Waals surface area contributed by atoms with E-state index in [0.717, 1.165) is 0 Å². The van der Waals surface area contributed by atoms with E-state index in [1.54, 1.807) is 24.7 Å². The van der Waals surface area contributed by atoms with E-state index in [4.69, 9.17) is 4.74 Å². The maximum absolute atomic E-state index is 12.3. The predicted molar refractivity (Wildman–Crippen MR) is 82.1 cm³/mol. The lowest BCUT2D eigenvalue weighted by molar-refractivity contribution is 0.101. The Hall–Kier alpha value is -2.34. The van der Waals surface area contributed by atoms with Gasteiger partial charge in [0.25, 0.3) is 5.91 Å². The molecule has 1 aromatic heterocycles. The minimum Gasteiger partial charge on any atom is -0.491 e. The van der Waals surface area contributed by atoms with E-state index in [2.05, 4.69) is 10.3 Å². The number of fused-ring (bicyclic) bond motifs is 1. The molecule has 0 spiro atoms. The molecule has 0 aliphatic carbocycles. The minimum absolute atomic E-state index is 0.247. The van der Waals surface area contributed by atoms with Crippen molar-refractivity contribution in [2.24, 2.45) is 0 Å². The average Bonchev–Trinajstić information content (AvgIpc) is 2.98. The number of ether oxygens (including phenoxy) is 1. The van der Waals surface area contributed by atoms with Gasteiger partial charge in [0.2, 0.25) is 0 Å². The number of imidazole rings is 1. The molecule has 0 saturated carbocycles. The zero-order valence-electron chi connectivity index (χ0n) is 12.6. The first-order chi connectivity index (χ1) is 10.6. The van der Waals surface area contributed by atoms with Crippen molar-refractivity contribution < 1.29 is 14.6 Å². The lowest BCUT2D eigenvalue weighted by atomic mass is 10.0. The Labute approximate surface area is 128 Å². The van der Waals surface area contributed by atoms with Crippen molar-refractivity contribution in [3.05, 3.63) is 42.0 Å². The Morgan fingerprint density at radius 2 is 2.32 bits per heavy atom. The molecular formula is C16H19N3O3. The Morgan fingerprint density at radius 3 is 3.05 bits per heavy atom. The third-order valence-corrected chi connectivity index (χ3v) is 3.72. The van der Waals surface area contributed by atoms with E-state index in [1.807, 2.05) is 24.5 Å². The molecule has 1 aliphatic heterocycles. The summed E-state index contributed by atoms with van der Waals surface area (Å²) in [6.07, 6.45) is 3.36. The van der Waals surface area contributed by atoms with Crippen molar-refractivity contribution >= 4 is 11.6 Å². The van der Waals surface area contributed by atoms with Crippen molar-refractivity contribution in [1.82, 2.24) is 9.55 Å². The number of rotatable bonds is 3. The second-order valence-corrected chi connectivity index (χ2v) is 5.63. The lowest BCUT2D eigenvalue weighted by Gasteiger charge is -2.24. The summed E-state index contributed by atoms with van der Waals surface area (Å²) in [6.45, 7) is 4.47. The van der Waals surface area contributed by atoms with Gasteiger partial charge in [-0.25, -0.2) is 4.98 Å². The highest BCUT2D eigenvalue weighted by molar-refractivity contribution is 6.03. The molecule has 1 aliphatic rings. The standard InChI is InChI=1S/C16H19N3O3/c1-10(2)19-8-13(17-9-19)16(21)18-12-5-3-4-11-14(20)6-7-22-15(11)12/h3-5,8-10,14,20H,6-7H2,1-2H3,(H,18,21)/t14-/m1/s1. The number of carbonyl (C=O) groups excluding carboxylic acids is 1. The monoisotopic (exact) mass is 301 g/mol. The number of aromatic nitrogens is 2. The maximum atomic E-state index is 12.3. The SMILES string of the molecule is CC(C)n1cnc(C(=O)Nc2cccc3c2OCC[C@H]3O)c1. The van der Waals surface area contributed by atoms with Crippen LogP contribution in [0.25, 0.3) is 0 Å². The number of nitrogens with zero attached hydrogens (tertiary/aromatic N) is 2. The molecule has 0 bridgehead atoms. The van der Waals surface area contributed by atoms with Crippen molar-refractivity contribution in [2.45, 2.75) is 32.4 Å². The molecule has 1 atom stereocenters.